The Balaban J connectivity index is 1.66. The summed E-state index contributed by atoms with van der Waals surface area (Å²) in [6.07, 6.45) is 1.55. The lowest BCUT2D eigenvalue weighted by atomic mass is 10.2. The first-order valence-corrected chi connectivity index (χ1v) is 7.75. The molecule has 1 heterocycles. The summed E-state index contributed by atoms with van der Waals surface area (Å²) in [5, 5.41) is 3.28. The maximum Gasteiger partial charge on any atom is 0.255 e. The molecule has 24 heavy (non-hydrogen) atoms. The van der Waals surface area contributed by atoms with Gasteiger partial charge in [-0.05, 0) is 43.3 Å². The molecule has 3 aromatic rings. The highest BCUT2D eigenvalue weighted by Gasteiger charge is 2.07. The topological polar surface area (TPSA) is 51.2 Å². The molecule has 0 fully saturated rings. The zero-order valence-electron chi connectivity index (χ0n) is 13.0. The van der Waals surface area contributed by atoms with Crippen molar-refractivity contribution in [1.29, 1.82) is 0 Å². The van der Waals surface area contributed by atoms with Gasteiger partial charge in [-0.3, -0.25) is 4.79 Å². The van der Waals surface area contributed by atoms with Crippen LogP contribution in [-0.2, 0) is 0 Å². The number of hydrogen-bond donors (Lipinski definition) is 1. The quantitative estimate of drug-likeness (QED) is 0.721. The fraction of sp³-hybridized carbons (Fsp3) is 0.0526. The number of anilines is 1. The number of aromatic nitrogens is 1. The molecule has 0 saturated heterocycles. The molecule has 1 aromatic heterocycles. The summed E-state index contributed by atoms with van der Waals surface area (Å²) in [6, 6.07) is 17.9. The minimum absolute atomic E-state index is 0.244. The molecule has 0 atom stereocenters. The smallest absolute Gasteiger partial charge is 0.255 e. The third kappa shape index (κ3) is 4.12. The Morgan fingerprint density at radius 3 is 2.54 bits per heavy atom. The molecular formula is C19H15ClN2O2. The molecule has 0 bridgehead atoms. The van der Waals surface area contributed by atoms with Gasteiger partial charge in [0.1, 0.15) is 5.75 Å². The van der Waals surface area contributed by atoms with Gasteiger partial charge in [-0.2, -0.15) is 0 Å². The van der Waals surface area contributed by atoms with Crippen molar-refractivity contribution >= 4 is 23.2 Å². The lowest BCUT2D eigenvalue weighted by Gasteiger charge is -2.07. The molecule has 5 heteroatoms. The van der Waals surface area contributed by atoms with Gasteiger partial charge in [0.25, 0.3) is 5.91 Å². The largest absolute Gasteiger partial charge is 0.439 e. The monoisotopic (exact) mass is 338 g/mol. The summed E-state index contributed by atoms with van der Waals surface area (Å²) in [5.74, 6) is 0.926. The Hall–Kier alpha value is -2.85. The van der Waals surface area contributed by atoms with Crippen molar-refractivity contribution in [2.45, 2.75) is 6.92 Å². The standard InChI is InChI=1S/C19H15ClN2O2/c1-13-5-8-17(9-6-13)24-18-10-7-16(12-21-18)22-19(23)14-3-2-4-15(20)11-14/h2-12H,1H3,(H,22,23). The van der Waals surface area contributed by atoms with E-state index in [4.69, 9.17) is 16.3 Å². The summed E-state index contributed by atoms with van der Waals surface area (Å²) in [7, 11) is 0. The van der Waals surface area contributed by atoms with Crippen molar-refractivity contribution in [3.8, 4) is 11.6 Å². The fourth-order valence-electron chi connectivity index (χ4n) is 2.07. The molecule has 1 N–H and O–H groups in total. The van der Waals surface area contributed by atoms with E-state index in [0.29, 0.717) is 27.9 Å². The molecular weight excluding hydrogens is 324 g/mol. The van der Waals surface area contributed by atoms with Gasteiger partial charge in [-0.15, -0.1) is 0 Å². The predicted molar refractivity (Wildman–Crippen MR) is 94.9 cm³/mol. The highest BCUT2D eigenvalue weighted by atomic mass is 35.5. The number of benzene rings is 2. The first-order valence-electron chi connectivity index (χ1n) is 7.38. The SMILES string of the molecule is Cc1ccc(Oc2ccc(NC(=O)c3cccc(Cl)c3)cn2)cc1. The molecule has 0 aliphatic carbocycles. The summed E-state index contributed by atoms with van der Waals surface area (Å²) in [5.41, 5.74) is 2.23. The van der Waals surface area contributed by atoms with Crippen LogP contribution in [0.3, 0.4) is 0 Å². The van der Waals surface area contributed by atoms with Crippen LogP contribution >= 0.6 is 11.6 Å². The van der Waals surface area contributed by atoms with Gasteiger partial charge >= 0.3 is 0 Å². The molecule has 3 rings (SSSR count). The van der Waals surface area contributed by atoms with Crippen LogP contribution < -0.4 is 10.1 Å². The number of carbonyl (C=O) groups excluding carboxylic acids is 1. The maximum absolute atomic E-state index is 12.1. The minimum Gasteiger partial charge on any atom is -0.439 e. The second-order valence-electron chi connectivity index (χ2n) is 5.26. The number of nitrogens with one attached hydrogen (secondary N) is 1. The minimum atomic E-state index is -0.244. The number of halogens is 1. The number of nitrogens with zero attached hydrogens (tertiary/aromatic N) is 1. The number of hydrogen-bond acceptors (Lipinski definition) is 3. The van der Waals surface area contributed by atoms with Crippen LogP contribution in [0.4, 0.5) is 5.69 Å². The molecule has 0 saturated carbocycles. The molecule has 0 spiro atoms. The summed E-state index contributed by atoms with van der Waals surface area (Å²) in [6.45, 7) is 2.01. The van der Waals surface area contributed by atoms with Crippen molar-refractivity contribution in [1.82, 2.24) is 4.98 Å². The molecule has 0 aliphatic rings. The van der Waals surface area contributed by atoms with Crippen LogP contribution in [0, 0.1) is 6.92 Å². The summed E-state index contributed by atoms with van der Waals surface area (Å²) < 4.78 is 5.65. The van der Waals surface area contributed by atoms with Crippen LogP contribution in [-0.4, -0.2) is 10.9 Å². The molecule has 0 radical (unpaired) electrons. The number of pyridine rings is 1. The Morgan fingerprint density at radius 2 is 1.88 bits per heavy atom. The summed E-state index contributed by atoms with van der Waals surface area (Å²) in [4.78, 5) is 16.3. The summed E-state index contributed by atoms with van der Waals surface area (Å²) >= 11 is 5.89. The van der Waals surface area contributed by atoms with Gasteiger partial charge in [-0.1, -0.05) is 35.4 Å². The third-order valence-corrected chi connectivity index (χ3v) is 3.56. The fourth-order valence-corrected chi connectivity index (χ4v) is 2.26. The Bertz CT molecular complexity index is 846. The van der Waals surface area contributed by atoms with E-state index >= 15 is 0 Å². The predicted octanol–water partition coefficient (Wildman–Crippen LogP) is 5.09. The Kier molecular flexibility index (Phi) is 4.77. The van der Waals surface area contributed by atoms with Crippen molar-refractivity contribution in [2.24, 2.45) is 0 Å². The average molecular weight is 339 g/mol. The highest BCUT2D eigenvalue weighted by molar-refractivity contribution is 6.31. The zero-order valence-corrected chi connectivity index (χ0v) is 13.7. The number of ether oxygens (including phenoxy) is 1. The second-order valence-corrected chi connectivity index (χ2v) is 5.70. The Labute approximate surface area is 145 Å². The Morgan fingerprint density at radius 1 is 1.08 bits per heavy atom. The van der Waals surface area contributed by atoms with Crippen molar-refractivity contribution in [3.63, 3.8) is 0 Å². The van der Waals surface area contributed by atoms with E-state index in [2.05, 4.69) is 10.3 Å². The van der Waals surface area contributed by atoms with Crippen molar-refractivity contribution in [3.05, 3.63) is 83.0 Å². The van der Waals surface area contributed by atoms with E-state index in [1.54, 1.807) is 42.6 Å². The van der Waals surface area contributed by atoms with E-state index in [1.165, 1.54) is 0 Å². The van der Waals surface area contributed by atoms with E-state index < -0.39 is 0 Å². The van der Waals surface area contributed by atoms with E-state index in [-0.39, 0.29) is 5.91 Å². The lowest BCUT2D eigenvalue weighted by Crippen LogP contribution is -2.11. The van der Waals surface area contributed by atoms with Gasteiger partial charge < -0.3 is 10.1 Å². The third-order valence-electron chi connectivity index (χ3n) is 3.32. The van der Waals surface area contributed by atoms with Crippen LogP contribution in [0.25, 0.3) is 0 Å². The second kappa shape index (κ2) is 7.15. The van der Waals surface area contributed by atoms with Crippen LogP contribution in [0.1, 0.15) is 15.9 Å². The first kappa shape index (κ1) is 16.0. The van der Waals surface area contributed by atoms with Gasteiger partial charge in [0.15, 0.2) is 0 Å². The molecule has 0 unspecified atom stereocenters. The first-order chi connectivity index (χ1) is 11.6. The van der Waals surface area contributed by atoms with Gasteiger partial charge in [0.05, 0.1) is 11.9 Å². The molecule has 2 aromatic carbocycles. The van der Waals surface area contributed by atoms with Gasteiger partial charge in [0.2, 0.25) is 5.88 Å². The van der Waals surface area contributed by atoms with E-state index in [1.807, 2.05) is 31.2 Å². The average Bonchev–Trinajstić information content (AvgIpc) is 2.59. The van der Waals surface area contributed by atoms with Gasteiger partial charge in [-0.25, -0.2) is 4.98 Å². The lowest BCUT2D eigenvalue weighted by molar-refractivity contribution is 0.102. The molecule has 1 amide bonds. The van der Waals surface area contributed by atoms with Crippen molar-refractivity contribution < 1.29 is 9.53 Å². The maximum atomic E-state index is 12.1. The van der Waals surface area contributed by atoms with Crippen LogP contribution in [0.2, 0.25) is 5.02 Å². The normalized spacial score (nSPS) is 10.2. The van der Waals surface area contributed by atoms with Crippen LogP contribution in [0.15, 0.2) is 66.9 Å². The molecule has 0 aliphatic heterocycles. The van der Waals surface area contributed by atoms with E-state index in [0.717, 1.165) is 5.56 Å². The van der Waals surface area contributed by atoms with Crippen LogP contribution in [0.5, 0.6) is 11.6 Å². The highest BCUT2D eigenvalue weighted by Crippen LogP contribution is 2.21. The van der Waals surface area contributed by atoms with E-state index in [9.17, 15) is 4.79 Å². The van der Waals surface area contributed by atoms with Gasteiger partial charge in [0, 0.05) is 16.7 Å². The zero-order chi connectivity index (χ0) is 16.9. The molecule has 120 valence electrons. The number of carbonyl (C=O) groups is 1. The number of rotatable bonds is 4. The molecule has 4 nitrogen and oxygen atoms in total. The number of amides is 1. The number of aryl methyl sites for hydroxylation is 1. The van der Waals surface area contributed by atoms with Crippen molar-refractivity contribution in [2.75, 3.05) is 5.32 Å².